The molecule has 4 aliphatic heterocycles. The molecule has 3 fully saturated rings. The van der Waals surface area contributed by atoms with Crippen molar-refractivity contribution in [1.82, 2.24) is 19.8 Å². The number of nitrogens with zero attached hydrogens (tertiary/aromatic N) is 7. The average Bonchev–Trinajstić information content (AvgIpc) is 3.40. The minimum absolute atomic E-state index is 0.0118. The molecule has 3 aromatic rings. The number of hydrogen-bond donors (Lipinski definition) is 0. The molecular formula is C39H48ClN7O6. The summed E-state index contributed by atoms with van der Waals surface area (Å²) in [7, 11) is 1.77. The van der Waals surface area contributed by atoms with E-state index in [1.165, 1.54) is 0 Å². The topological polar surface area (TPSA) is 134 Å². The van der Waals surface area contributed by atoms with E-state index in [4.69, 9.17) is 40.5 Å². The number of rotatable bonds is 8. The molecule has 0 spiro atoms. The van der Waals surface area contributed by atoms with E-state index in [0.717, 1.165) is 52.8 Å². The maximum absolute atomic E-state index is 13.2. The lowest BCUT2D eigenvalue weighted by Crippen LogP contribution is -2.56. The molecule has 0 bridgehead atoms. The van der Waals surface area contributed by atoms with Gasteiger partial charge >= 0.3 is 12.1 Å². The summed E-state index contributed by atoms with van der Waals surface area (Å²) in [5.41, 5.74) is 2.20. The SMILES string of the molecule is CN1C(=O)CC(OC2CCCCO2)C1COc1nc2c(c(N3CCN(C(=O)OC(C)(C)C)[C@@H](CC#N)C3)n1)CCN(c1cccc3cccc(Cl)c13)C2. The zero-order chi connectivity index (χ0) is 37.3. The third-order valence-electron chi connectivity index (χ3n) is 10.5. The van der Waals surface area contributed by atoms with Gasteiger partial charge in [0.1, 0.15) is 18.0 Å². The van der Waals surface area contributed by atoms with Crippen LogP contribution in [0.2, 0.25) is 5.02 Å². The maximum atomic E-state index is 13.2. The number of hydrogen-bond acceptors (Lipinski definition) is 11. The molecule has 0 saturated carbocycles. The molecule has 2 amide bonds. The standard InChI is InChI=1S/C39H48ClN7O6/c1-39(2,3)53-38(49)47-19-18-46(22-26(47)14-16-41)36-27-15-17-45(30-12-8-10-25-9-7-11-28(40)35(25)30)23-29(27)42-37(43-36)51-24-31-32(21-33(48)44(31)4)52-34-13-5-6-20-50-34/h7-12,26,31-32,34H,5-6,13-15,17-24H2,1-4H3/t26-,31?,32?,34?/m0/s1. The van der Waals surface area contributed by atoms with Gasteiger partial charge in [0.15, 0.2) is 6.29 Å². The van der Waals surface area contributed by atoms with E-state index in [2.05, 4.69) is 34.1 Å². The molecule has 4 aliphatic rings. The number of amides is 2. The Bertz CT molecular complexity index is 1870. The summed E-state index contributed by atoms with van der Waals surface area (Å²) in [6.07, 6.45) is 2.75. The molecule has 3 unspecified atom stereocenters. The van der Waals surface area contributed by atoms with Crippen LogP contribution in [0.1, 0.15) is 64.1 Å². The molecule has 13 nitrogen and oxygen atoms in total. The third kappa shape index (κ3) is 8.10. The van der Waals surface area contributed by atoms with Gasteiger partial charge in [-0.05, 0) is 64.0 Å². The highest BCUT2D eigenvalue weighted by Gasteiger charge is 2.41. The molecule has 0 aliphatic carbocycles. The zero-order valence-electron chi connectivity index (χ0n) is 30.9. The van der Waals surface area contributed by atoms with Crippen molar-refractivity contribution in [3.8, 4) is 12.1 Å². The van der Waals surface area contributed by atoms with Gasteiger partial charge in [0.25, 0.3) is 0 Å². The van der Waals surface area contributed by atoms with Crippen molar-refractivity contribution in [2.75, 3.05) is 56.2 Å². The molecule has 5 heterocycles. The second kappa shape index (κ2) is 15.5. The first-order valence-corrected chi connectivity index (χ1v) is 19.0. The van der Waals surface area contributed by atoms with Crippen molar-refractivity contribution in [3.05, 3.63) is 52.7 Å². The highest BCUT2D eigenvalue weighted by Crippen LogP contribution is 2.38. The first-order valence-electron chi connectivity index (χ1n) is 18.6. The quantitative estimate of drug-likeness (QED) is 0.281. The summed E-state index contributed by atoms with van der Waals surface area (Å²) < 4.78 is 24.2. The molecule has 53 heavy (non-hydrogen) atoms. The summed E-state index contributed by atoms with van der Waals surface area (Å²) in [5, 5.41) is 12.5. The normalized spacial score (nSPS) is 23.6. The largest absolute Gasteiger partial charge is 0.461 e. The minimum Gasteiger partial charge on any atom is -0.461 e. The van der Waals surface area contributed by atoms with Gasteiger partial charge in [-0.1, -0.05) is 35.9 Å². The number of halogens is 1. The van der Waals surface area contributed by atoms with Crippen molar-refractivity contribution in [1.29, 1.82) is 5.26 Å². The Morgan fingerprint density at radius 3 is 2.66 bits per heavy atom. The molecule has 4 atom stereocenters. The predicted octanol–water partition coefficient (Wildman–Crippen LogP) is 5.71. The van der Waals surface area contributed by atoms with Crippen LogP contribution in [0, 0.1) is 11.3 Å². The molecule has 3 saturated heterocycles. The number of ether oxygens (including phenoxy) is 4. The van der Waals surface area contributed by atoms with Crippen molar-refractivity contribution in [2.45, 2.75) is 95.9 Å². The number of carbonyl (C=O) groups excluding carboxylic acids is 2. The molecule has 0 N–H and O–H groups in total. The highest BCUT2D eigenvalue weighted by atomic mass is 35.5. The second-order valence-corrected chi connectivity index (χ2v) is 15.6. The minimum atomic E-state index is -0.658. The Balaban J connectivity index is 1.19. The van der Waals surface area contributed by atoms with Crippen LogP contribution in [0.4, 0.5) is 16.3 Å². The molecular weight excluding hydrogens is 698 g/mol. The summed E-state index contributed by atoms with van der Waals surface area (Å²) in [6.45, 7) is 8.77. The number of likely N-dealkylation sites (tertiary alicyclic amines) is 1. The van der Waals surface area contributed by atoms with Crippen LogP contribution in [-0.2, 0) is 32.0 Å². The Kier molecular flexibility index (Phi) is 10.8. The van der Waals surface area contributed by atoms with Crippen LogP contribution in [-0.4, -0.2) is 108 Å². The Morgan fingerprint density at radius 1 is 1.09 bits per heavy atom. The van der Waals surface area contributed by atoms with E-state index in [9.17, 15) is 14.9 Å². The zero-order valence-corrected chi connectivity index (χ0v) is 31.7. The predicted molar refractivity (Wildman–Crippen MR) is 200 cm³/mol. The maximum Gasteiger partial charge on any atom is 0.410 e. The molecule has 2 aromatic carbocycles. The van der Waals surface area contributed by atoms with Crippen LogP contribution >= 0.6 is 11.6 Å². The van der Waals surface area contributed by atoms with Gasteiger partial charge in [-0.3, -0.25) is 4.79 Å². The van der Waals surface area contributed by atoms with Gasteiger partial charge in [0, 0.05) is 56.5 Å². The summed E-state index contributed by atoms with van der Waals surface area (Å²) >= 11 is 6.76. The molecule has 282 valence electrons. The van der Waals surface area contributed by atoms with Gasteiger partial charge in [-0.15, -0.1) is 0 Å². The number of nitriles is 1. The van der Waals surface area contributed by atoms with Gasteiger partial charge in [0.2, 0.25) is 5.91 Å². The van der Waals surface area contributed by atoms with Crippen molar-refractivity contribution in [2.24, 2.45) is 0 Å². The molecule has 1 aromatic heterocycles. The number of carbonyl (C=O) groups is 2. The van der Waals surface area contributed by atoms with E-state index >= 15 is 0 Å². The van der Waals surface area contributed by atoms with E-state index in [0.29, 0.717) is 50.8 Å². The summed E-state index contributed by atoms with van der Waals surface area (Å²) in [4.78, 5) is 43.8. The third-order valence-corrected chi connectivity index (χ3v) is 10.8. The van der Waals surface area contributed by atoms with Gasteiger partial charge < -0.3 is 38.5 Å². The number of fused-ring (bicyclic) bond motifs is 2. The fourth-order valence-corrected chi connectivity index (χ4v) is 8.05. The number of aromatic nitrogens is 2. The van der Waals surface area contributed by atoms with E-state index in [1.54, 1.807) is 16.8 Å². The Labute approximate surface area is 315 Å². The van der Waals surface area contributed by atoms with Gasteiger partial charge in [-0.25, -0.2) is 4.79 Å². The summed E-state index contributed by atoms with van der Waals surface area (Å²) in [6, 6.07) is 13.8. The lowest BCUT2D eigenvalue weighted by molar-refractivity contribution is -0.193. The van der Waals surface area contributed by atoms with Crippen LogP contribution in [0.5, 0.6) is 6.01 Å². The van der Waals surface area contributed by atoms with Crippen LogP contribution in [0.15, 0.2) is 36.4 Å². The van der Waals surface area contributed by atoms with Crippen molar-refractivity contribution in [3.63, 3.8) is 0 Å². The Hall–Kier alpha value is -4.38. The first-order chi connectivity index (χ1) is 25.5. The molecule has 14 heteroatoms. The number of benzene rings is 2. The Morgan fingerprint density at radius 2 is 1.91 bits per heavy atom. The van der Waals surface area contributed by atoms with E-state index in [1.807, 2.05) is 39.0 Å². The van der Waals surface area contributed by atoms with E-state index in [-0.39, 0.29) is 49.8 Å². The fraction of sp³-hybridized carbons (Fsp3) is 0.564. The van der Waals surface area contributed by atoms with Crippen LogP contribution in [0.25, 0.3) is 10.8 Å². The first kappa shape index (κ1) is 37.0. The van der Waals surface area contributed by atoms with Crippen LogP contribution in [0.3, 0.4) is 0 Å². The van der Waals surface area contributed by atoms with Crippen molar-refractivity contribution < 1.29 is 28.5 Å². The van der Waals surface area contributed by atoms with Crippen LogP contribution < -0.4 is 14.5 Å². The van der Waals surface area contributed by atoms with Gasteiger partial charge in [-0.2, -0.15) is 15.2 Å². The monoisotopic (exact) mass is 745 g/mol. The highest BCUT2D eigenvalue weighted by molar-refractivity contribution is 6.36. The number of anilines is 2. The van der Waals surface area contributed by atoms with Crippen molar-refractivity contribution >= 4 is 45.9 Å². The number of piperazine rings is 1. The summed E-state index contributed by atoms with van der Waals surface area (Å²) in [5.74, 6) is 0.717. The average molecular weight is 746 g/mol. The lowest BCUT2D eigenvalue weighted by atomic mass is 10.0. The fourth-order valence-electron chi connectivity index (χ4n) is 7.77. The molecule has 0 radical (unpaired) electrons. The second-order valence-electron chi connectivity index (χ2n) is 15.2. The molecule has 7 rings (SSSR count). The van der Waals surface area contributed by atoms with E-state index < -0.39 is 17.7 Å². The lowest BCUT2D eigenvalue weighted by Gasteiger charge is -2.42. The van der Waals surface area contributed by atoms with Gasteiger partial charge in [0.05, 0.1) is 54.4 Å². The smallest absolute Gasteiger partial charge is 0.410 e. The number of likely N-dealkylation sites (N-methyl/N-ethyl adjacent to an activating group) is 1.